The zero-order valence-corrected chi connectivity index (χ0v) is 13.7. The first kappa shape index (κ1) is 16.9. The number of carbonyl (C=O) groups excluding carboxylic acids is 1. The summed E-state index contributed by atoms with van der Waals surface area (Å²) in [5, 5.41) is 12.5. The Bertz CT molecular complexity index is 667. The standard InChI is InChI=1S/C17H21NO5/c1-9(2)8-23-17(21)14-11(4)18-10(3)13(16(19)20)15(14)12-6-5-7-22-12/h5-7,9,15,18H,8H2,1-4H3,(H,19,20). The van der Waals surface area contributed by atoms with Crippen LogP contribution >= 0.6 is 0 Å². The molecule has 2 heterocycles. The first-order valence-electron chi connectivity index (χ1n) is 7.45. The third-order valence-corrected chi connectivity index (χ3v) is 3.59. The molecule has 0 saturated heterocycles. The highest BCUT2D eigenvalue weighted by Crippen LogP contribution is 2.38. The number of esters is 1. The molecule has 6 nitrogen and oxygen atoms in total. The number of hydrogen-bond acceptors (Lipinski definition) is 5. The second-order valence-electron chi connectivity index (χ2n) is 5.95. The number of carboxylic acid groups (broad SMARTS) is 1. The van der Waals surface area contributed by atoms with Crippen LogP contribution in [0.25, 0.3) is 0 Å². The van der Waals surface area contributed by atoms with Gasteiger partial charge in [-0.15, -0.1) is 0 Å². The molecule has 0 spiro atoms. The fraction of sp³-hybridized carbons (Fsp3) is 0.412. The number of nitrogens with one attached hydrogen (secondary N) is 1. The predicted octanol–water partition coefficient (Wildman–Crippen LogP) is 2.80. The Morgan fingerprint density at radius 2 is 1.96 bits per heavy atom. The number of hydrogen-bond donors (Lipinski definition) is 2. The summed E-state index contributed by atoms with van der Waals surface area (Å²) in [6.07, 6.45) is 1.46. The molecule has 1 unspecified atom stereocenters. The van der Waals surface area contributed by atoms with E-state index < -0.39 is 17.9 Å². The van der Waals surface area contributed by atoms with Crippen LogP contribution in [0.3, 0.4) is 0 Å². The van der Waals surface area contributed by atoms with Crippen molar-refractivity contribution in [1.82, 2.24) is 5.32 Å². The van der Waals surface area contributed by atoms with Crippen LogP contribution in [0.2, 0.25) is 0 Å². The lowest BCUT2D eigenvalue weighted by atomic mass is 9.83. The second kappa shape index (κ2) is 6.73. The van der Waals surface area contributed by atoms with E-state index in [4.69, 9.17) is 9.15 Å². The normalized spacial score (nSPS) is 18.2. The van der Waals surface area contributed by atoms with E-state index >= 15 is 0 Å². The van der Waals surface area contributed by atoms with Gasteiger partial charge < -0.3 is 19.6 Å². The third-order valence-electron chi connectivity index (χ3n) is 3.59. The SMILES string of the molecule is CC1=C(C(=O)O)C(c2ccco2)C(C(=O)OCC(C)C)=C(C)N1. The molecule has 2 rings (SSSR count). The Kier molecular flexibility index (Phi) is 4.93. The zero-order valence-electron chi connectivity index (χ0n) is 13.7. The van der Waals surface area contributed by atoms with Crippen molar-refractivity contribution in [2.75, 3.05) is 6.61 Å². The van der Waals surface area contributed by atoms with Crippen molar-refractivity contribution in [3.63, 3.8) is 0 Å². The highest BCUT2D eigenvalue weighted by atomic mass is 16.5. The fourth-order valence-electron chi connectivity index (χ4n) is 2.61. The zero-order chi connectivity index (χ0) is 17.1. The highest BCUT2D eigenvalue weighted by Gasteiger charge is 2.38. The van der Waals surface area contributed by atoms with Crippen LogP contribution in [0.5, 0.6) is 0 Å². The minimum atomic E-state index is -1.10. The maximum absolute atomic E-state index is 12.5. The molecule has 0 aliphatic carbocycles. The Hall–Kier alpha value is -2.50. The van der Waals surface area contributed by atoms with E-state index in [9.17, 15) is 14.7 Å². The summed E-state index contributed by atoms with van der Waals surface area (Å²) in [6.45, 7) is 7.53. The fourth-order valence-corrected chi connectivity index (χ4v) is 2.61. The van der Waals surface area contributed by atoms with Gasteiger partial charge in [0, 0.05) is 11.4 Å². The van der Waals surface area contributed by atoms with Crippen LogP contribution in [0, 0.1) is 5.92 Å². The van der Waals surface area contributed by atoms with E-state index in [-0.39, 0.29) is 23.7 Å². The Morgan fingerprint density at radius 1 is 1.30 bits per heavy atom. The highest BCUT2D eigenvalue weighted by molar-refractivity contribution is 5.98. The summed E-state index contributed by atoms with van der Waals surface area (Å²) in [6, 6.07) is 3.33. The van der Waals surface area contributed by atoms with E-state index in [0.29, 0.717) is 17.2 Å². The van der Waals surface area contributed by atoms with Gasteiger partial charge in [-0.05, 0) is 31.9 Å². The van der Waals surface area contributed by atoms with Gasteiger partial charge in [-0.3, -0.25) is 0 Å². The lowest BCUT2D eigenvalue weighted by Crippen LogP contribution is -2.32. The lowest BCUT2D eigenvalue weighted by Gasteiger charge is -2.28. The summed E-state index contributed by atoms with van der Waals surface area (Å²) in [5.41, 5.74) is 1.41. The predicted molar refractivity (Wildman–Crippen MR) is 83.4 cm³/mol. The van der Waals surface area contributed by atoms with Crippen molar-refractivity contribution >= 4 is 11.9 Å². The van der Waals surface area contributed by atoms with Gasteiger partial charge in [-0.1, -0.05) is 13.8 Å². The maximum atomic E-state index is 12.5. The van der Waals surface area contributed by atoms with Crippen LogP contribution in [0.4, 0.5) is 0 Å². The molecule has 0 fully saturated rings. The molecular formula is C17H21NO5. The van der Waals surface area contributed by atoms with Crippen molar-refractivity contribution in [3.05, 3.63) is 46.7 Å². The van der Waals surface area contributed by atoms with E-state index in [1.54, 1.807) is 26.0 Å². The summed E-state index contributed by atoms with van der Waals surface area (Å²) in [5.74, 6) is -1.83. The maximum Gasteiger partial charge on any atom is 0.336 e. The molecule has 6 heteroatoms. The van der Waals surface area contributed by atoms with Crippen LogP contribution < -0.4 is 5.32 Å². The quantitative estimate of drug-likeness (QED) is 0.811. The van der Waals surface area contributed by atoms with E-state index in [1.807, 2.05) is 13.8 Å². The van der Waals surface area contributed by atoms with Crippen molar-refractivity contribution in [1.29, 1.82) is 0 Å². The summed E-state index contributed by atoms with van der Waals surface area (Å²) < 4.78 is 10.7. The van der Waals surface area contributed by atoms with Gasteiger partial charge in [0.15, 0.2) is 0 Å². The first-order chi connectivity index (χ1) is 10.8. The van der Waals surface area contributed by atoms with Gasteiger partial charge in [0.05, 0.1) is 29.9 Å². The Labute approximate surface area is 134 Å². The molecule has 124 valence electrons. The largest absolute Gasteiger partial charge is 0.478 e. The number of ether oxygens (including phenoxy) is 1. The average Bonchev–Trinajstić information content (AvgIpc) is 2.97. The number of dihydropyridines is 1. The van der Waals surface area contributed by atoms with Crippen LogP contribution in [-0.2, 0) is 14.3 Å². The molecule has 1 atom stereocenters. The van der Waals surface area contributed by atoms with Gasteiger partial charge in [0.1, 0.15) is 5.76 Å². The molecule has 1 aliphatic rings. The molecule has 23 heavy (non-hydrogen) atoms. The molecule has 2 N–H and O–H groups in total. The molecular weight excluding hydrogens is 298 g/mol. The van der Waals surface area contributed by atoms with Gasteiger partial charge >= 0.3 is 11.9 Å². The number of aliphatic carboxylic acids is 1. The molecule has 0 aromatic carbocycles. The lowest BCUT2D eigenvalue weighted by molar-refractivity contribution is -0.140. The summed E-state index contributed by atoms with van der Waals surface area (Å²) in [7, 11) is 0. The topological polar surface area (TPSA) is 88.8 Å². The van der Waals surface area contributed by atoms with E-state index in [1.165, 1.54) is 6.26 Å². The smallest absolute Gasteiger partial charge is 0.336 e. The van der Waals surface area contributed by atoms with E-state index in [2.05, 4.69) is 5.32 Å². The van der Waals surface area contributed by atoms with Crippen molar-refractivity contribution in [2.24, 2.45) is 5.92 Å². The van der Waals surface area contributed by atoms with Gasteiger partial charge in [0.25, 0.3) is 0 Å². The summed E-state index contributed by atoms with van der Waals surface area (Å²) >= 11 is 0. The van der Waals surface area contributed by atoms with Gasteiger partial charge in [-0.2, -0.15) is 0 Å². The number of carbonyl (C=O) groups is 2. The van der Waals surface area contributed by atoms with Crippen LogP contribution in [0.1, 0.15) is 39.4 Å². The minimum Gasteiger partial charge on any atom is -0.478 e. The molecule has 0 radical (unpaired) electrons. The van der Waals surface area contributed by atoms with Crippen molar-refractivity contribution < 1.29 is 23.8 Å². The Balaban J connectivity index is 2.47. The van der Waals surface area contributed by atoms with E-state index in [0.717, 1.165) is 0 Å². The number of rotatable bonds is 5. The van der Waals surface area contributed by atoms with Crippen molar-refractivity contribution in [2.45, 2.75) is 33.6 Å². The number of carboxylic acids is 1. The molecule has 1 aromatic rings. The number of allylic oxidation sites excluding steroid dienone is 2. The monoisotopic (exact) mass is 319 g/mol. The van der Waals surface area contributed by atoms with Crippen LogP contribution in [-0.4, -0.2) is 23.7 Å². The number of furan rings is 1. The molecule has 0 amide bonds. The first-order valence-corrected chi connectivity index (χ1v) is 7.45. The summed E-state index contributed by atoms with van der Waals surface area (Å²) in [4.78, 5) is 24.2. The van der Waals surface area contributed by atoms with Crippen LogP contribution in [0.15, 0.2) is 45.4 Å². The van der Waals surface area contributed by atoms with Crippen molar-refractivity contribution in [3.8, 4) is 0 Å². The molecule has 1 aromatic heterocycles. The molecule has 0 bridgehead atoms. The minimum absolute atomic E-state index is 0.0852. The Morgan fingerprint density at radius 3 is 2.48 bits per heavy atom. The second-order valence-corrected chi connectivity index (χ2v) is 5.95. The molecule has 0 saturated carbocycles. The van der Waals surface area contributed by atoms with Gasteiger partial charge in [0.2, 0.25) is 0 Å². The molecule has 1 aliphatic heterocycles. The third kappa shape index (κ3) is 3.47. The average molecular weight is 319 g/mol. The van der Waals surface area contributed by atoms with Gasteiger partial charge in [-0.25, -0.2) is 9.59 Å².